The van der Waals surface area contributed by atoms with Gasteiger partial charge in [0.25, 0.3) is 0 Å². The van der Waals surface area contributed by atoms with Crippen molar-refractivity contribution < 1.29 is 4.39 Å². The minimum Gasteiger partial charge on any atom is -0.358 e. The van der Waals surface area contributed by atoms with Crippen LogP contribution in [0.1, 0.15) is 36.0 Å². The van der Waals surface area contributed by atoms with Crippen LogP contribution in [0.15, 0.2) is 55.3 Å². The second-order valence-corrected chi connectivity index (χ2v) is 8.31. The number of likely N-dealkylation sites (tertiary alicyclic amines) is 1. The van der Waals surface area contributed by atoms with E-state index >= 15 is 0 Å². The maximum Gasteiger partial charge on any atom is 0.126 e. The number of nitrogens with zero attached hydrogens (tertiary/aromatic N) is 1. The lowest BCUT2D eigenvalue weighted by Crippen LogP contribution is -2.43. The zero-order chi connectivity index (χ0) is 21.7. The van der Waals surface area contributed by atoms with Gasteiger partial charge in [0.15, 0.2) is 0 Å². The van der Waals surface area contributed by atoms with Gasteiger partial charge in [0, 0.05) is 21.8 Å². The third-order valence-electron chi connectivity index (χ3n) is 6.30. The zero-order valence-corrected chi connectivity index (χ0v) is 18.4. The van der Waals surface area contributed by atoms with Crippen molar-refractivity contribution in [3.8, 4) is 0 Å². The SMILES string of the molecule is C=Cc1ccc(CCCN2CCC3(CC2)C(=C)Nc2ccc(Cl)cc23)c(F)c1.CN. The number of nitrogens with one attached hydrogen (secondary N) is 1. The van der Waals surface area contributed by atoms with Gasteiger partial charge in [0.2, 0.25) is 0 Å². The van der Waals surface area contributed by atoms with Crippen molar-refractivity contribution in [3.05, 3.63) is 82.8 Å². The van der Waals surface area contributed by atoms with Crippen LogP contribution in [-0.2, 0) is 11.8 Å². The van der Waals surface area contributed by atoms with Gasteiger partial charge in [0.1, 0.15) is 5.82 Å². The van der Waals surface area contributed by atoms with E-state index in [-0.39, 0.29) is 11.2 Å². The van der Waals surface area contributed by atoms with E-state index in [1.165, 1.54) is 12.6 Å². The predicted molar refractivity (Wildman–Crippen MR) is 126 cm³/mol. The smallest absolute Gasteiger partial charge is 0.126 e. The molecule has 0 unspecified atom stereocenters. The third-order valence-corrected chi connectivity index (χ3v) is 6.54. The lowest BCUT2D eigenvalue weighted by Gasteiger charge is -2.40. The standard InChI is InChI=1S/C24H26ClFN2.CH5N/c1-3-18-6-7-19(22(26)15-18)5-4-12-28-13-10-24(11-14-28)17(2)27-23-9-8-20(25)16-21(23)24;1-2/h3,6-9,15-16,27H,1-2,4-5,10-14H2;2H2,1H3. The van der Waals surface area contributed by atoms with Crippen LogP contribution < -0.4 is 11.1 Å². The summed E-state index contributed by atoms with van der Waals surface area (Å²) in [7, 11) is 1.50. The molecule has 0 aromatic heterocycles. The van der Waals surface area contributed by atoms with Crippen molar-refractivity contribution >= 4 is 23.4 Å². The van der Waals surface area contributed by atoms with Gasteiger partial charge in [-0.1, -0.05) is 43.0 Å². The summed E-state index contributed by atoms with van der Waals surface area (Å²) in [5.41, 5.74) is 9.62. The molecule has 30 heavy (non-hydrogen) atoms. The molecule has 0 atom stereocenters. The molecule has 0 bridgehead atoms. The Morgan fingerprint density at radius 1 is 1.20 bits per heavy atom. The van der Waals surface area contributed by atoms with E-state index in [4.69, 9.17) is 11.6 Å². The number of rotatable bonds is 5. The normalized spacial score (nSPS) is 17.1. The van der Waals surface area contributed by atoms with E-state index in [0.717, 1.165) is 72.9 Å². The molecule has 1 saturated heterocycles. The average molecular weight is 428 g/mol. The molecule has 0 saturated carbocycles. The van der Waals surface area contributed by atoms with Crippen LogP contribution in [0.2, 0.25) is 5.02 Å². The van der Waals surface area contributed by atoms with Gasteiger partial charge in [-0.15, -0.1) is 0 Å². The van der Waals surface area contributed by atoms with Crippen molar-refractivity contribution in [2.24, 2.45) is 5.73 Å². The van der Waals surface area contributed by atoms with E-state index in [9.17, 15) is 4.39 Å². The second kappa shape index (κ2) is 9.78. The topological polar surface area (TPSA) is 41.3 Å². The summed E-state index contributed by atoms with van der Waals surface area (Å²) in [5, 5.41) is 4.24. The monoisotopic (exact) mass is 427 g/mol. The van der Waals surface area contributed by atoms with Crippen LogP contribution in [0.3, 0.4) is 0 Å². The molecule has 4 rings (SSSR count). The highest BCUT2D eigenvalue weighted by Gasteiger charge is 2.44. The number of fused-ring (bicyclic) bond motifs is 2. The van der Waals surface area contributed by atoms with Crippen LogP contribution in [0.5, 0.6) is 0 Å². The summed E-state index contributed by atoms with van der Waals surface area (Å²) >= 11 is 6.26. The molecule has 0 radical (unpaired) electrons. The van der Waals surface area contributed by atoms with Gasteiger partial charge in [-0.2, -0.15) is 0 Å². The Balaban J connectivity index is 0.00000124. The molecule has 2 aromatic rings. The lowest BCUT2D eigenvalue weighted by atomic mass is 9.72. The molecule has 2 aliphatic heterocycles. The maximum absolute atomic E-state index is 14.1. The van der Waals surface area contributed by atoms with Gasteiger partial charge >= 0.3 is 0 Å². The van der Waals surface area contributed by atoms with Crippen molar-refractivity contribution in [2.45, 2.75) is 31.1 Å². The van der Waals surface area contributed by atoms with Crippen molar-refractivity contribution in [1.82, 2.24) is 4.90 Å². The average Bonchev–Trinajstić information content (AvgIpc) is 3.03. The molecule has 2 heterocycles. The Hall–Kier alpha value is -2.14. The number of allylic oxidation sites excluding steroid dienone is 1. The zero-order valence-electron chi connectivity index (χ0n) is 17.7. The first-order valence-electron chi connectivity index (χ1n) is 10.5. The van der Waals surface area contributed by atoms with Crippen LogP contribution in [0, 0.1) is 5.82 Å². The van der Waals surface area contributed by atoms with Crippen LogP contribution in [-0.4, -0.2) is 31.6 Å². The Morgan fingerprint density at radius 3 is 2.60 bits per heavy atom. The summed E-state index contributed by atoms with van der Waals surface area (Å²) in [6.07, 6.45) is 5.47. The van der Waals surface area contributed by atoms with E-state index in [0.29, 0.717) is 0 Å². The molecule has 2 aromatic carbocycles. The molecule has 5 heteroatoms. The largest absolute Gasteiger partial charge is 0.358 e. The fraction of sp³-hybridized carbons (Fsp3) is 0.360. The van der Waals surface area contributed by atoms with Crippen molar-refractivity contribution in [2.75, 3.05) is 32.0 Å². The number of hydrogen-bond acceptors (Lipinski definition) is 3. The number of nitrogens with two attached hydrogens (primary N) is 1. The number of hydrogen-bond donors (Lipinski definition) is 2. The summed E-state index contributed by atoms with van der Waals surface area (Å²) < 4.78 is 14.1. The molecule has 3 nitrogen and oxygen atoms in total. The lowest BCUT2D eigenvalue weighted by molar-refractivity contribution is 0.179. The van der Waals surface area contributed by atoms with E-state index < -0.39 is 0 Å². The quantitative estimate of drug-likeness (QED) is 0.652. The Labute approximate surface area is 184 Å². The summed E-state index contributed by atoms with van der Waals surface area (Å²) in [6, 6.07) is 11.4. The minimum absolute atomic E-state index is 0.0106. The summed E-state index contributed by atoms with van der Waals surface area (Å²) in [5.74, 6) is -0.128. The van der Waals surface area contributed by atoms with Gasteiger partial charge in [-0.05, 0) is 93.3 Å². The molecule has 0 aliphatic carbocycles. The number of piperidine rings is 1. The molecule has 160 valence electrons. The van der Waals surface area contributed by atoms with E-state index in [1.54, 1.807) is 12.1 Å². The van der Waals surface area contributed by atoms with Crippen LogP contribution >= 0.6 is 11.6 Å². The Morgan fingerprint density at radius 2 is 1.93 bits per heavy atom. The predicted octanol–water partition coefficient (Wildman–Crippen LogP) is 5.60. The third kappa shape index (κ3) is 4.46. The molecule has 3 N–H and O–H groups in total. The molecule has 1 spiro atoms. The summed E-state index contributed by atoms with van der Waals surface area (Å²) in [4.78, 5) is 2.48. The highest BCUT2D eigenvalue weighted by atomic mass is 35.5. The fourth-order valence-corrected chi connectivity index (χ4v) is 4.75. The van der Waals surface area contributed by atoms with Crippen LogP contribution in [0.25, 0.3) is 6.08 Å². The first kappa shape index (κ1) is 22.5. The van der Waals surface area contributed by atoms with E-state index in [2.05, 4.69) is 41.2 Å². The Kier molecular flexibility index (Phi) is 7.35. The second-order valence-electron chi connectivity index (χ2n) is 7.88. The first-order valence-corrected chi connectivity index (χ1v) is 10.9. The highest BCUT2D eigenvalue weighted by molar-refractivity contribution is 6.30. The molecule has 0 amide bonds. The van der Waals surface area contributed by atoms with E-state index in [1.807, 2.05) is 18.2 Å². The van der Waals surface area contributed by atoms with Crippen LogP contribution in [0.4, 0.5) is 10.1 Å². The Bertz CT molecular complexity index is 917. The number of aryl methyl sites for hydroxylation is 1. The number of benzene rings is 2. The maximum atomic E-state index is 14.1. The molecular formula is C25H31ClFN3. The fourth-order valence-electron chi connectivity index (χ4n) is 4.58. The van der Waals surface area contributed by atoms with Gasteiger partial charge in [-0.25, -0.2) is 4.39 Å². The van der Waals surface area contributed by atoms with Crippen molar-refractivity contribution in [3.63, 3.8) is 0 Å². The number of anilines is 1. The minimum atomic E-state index is -0.128. The molecular weight excluding hydrogens is 397 g/mol. The molecule has 2 aliphatic rings. The van der Waals surface area contributed by atoms with Gasteiger partial charge in [0.05, 0.1) is 0 Å². The summed E-state index contributed by atoms with van der Waals surface area (Å²) in [6.45, 7) is 11.0. The number of halogens is 2. The first-order chi connectivity index (χ1) is 14.5. The van der Waals surface area contributed by atoms with Crippen molar-refractivity contribution in [1.29, 1.82) is 0 Å². The molecule has 1 fully saturated rings. The highest BCUT2D eigenvalue weighted by Crippen LogP contribution is 2.50. The van der Waals surface area contributed by atoms with Gasteiger partial charge in [-0.3, -0.25) is 0 Å². The van der Waals surface area contributed by atoms with Gasteiger partial charge < -0.3 is 16.0 Å².